The van der Waals surface area contributed by atoms with Crippen LogP contribution >= 0.6 is 15.9 Å². The number of rotatable bonds is 2. The topological polar surface area (TPSA) is 50.4 Å². The molecule has 0 saturated carbocycles. The second kappa shape index (κ2) is 3.58. The Labute approximate surface area is 77.8 Å². The van der Waals surface area contributed by atoms with Crippen molar-refractivity contribution in [2.45, 2.75) is 6.92 Å². The molecule has 0 aliphatic rings. The van der Waals surface area contributed by atoms with Crippen molar-refractivity contribution in [3.8, 4) is 0 Å². The highest BCUT2D eigenvalue weighted by Gasteiger charge is 2.01. The molecule has 0 aliphatic carbocycles. The molecule has 1 rings (SSSR count). The lowest BCUT2D eigenvalue weighted by atomic mass is 10.2. The van der Waals surface area contributed by atoms with Gasteiger partial charge in [-0.05, 0) is 40.6 Å². The Hall–Kier alpha value is -1.03. The van der Waals surface area contributed by atoms with Crippen LogP contribution in [0.15, 0.2) is 21.2 Å². The van der Waals surface area contributed by atoms with Gasteiger partial charge in [0, 0.05) is 6.08 Å². The molecular formula is C8H7BrO3. The predicted molar refractivity (Wildman–Crippen MR) is 47.8 cm³/mol. The van der Waals surface area contributed by atoms with Gasteiger partial charge >= 0.3 is 5.97 Å². The number of carboxylic acids is 1. The molecule has 0 amide bonds. The van der Waals surface area contributed by atoms with Crippen molar-refractivity contribution in [2.24, 2.45) is 0 Å². The first-order chi connectivity index (χ1) is 5.59. The Morgan fingerprint density at radius 1 is 1.75 bits per heavy atom. The number of halogens is 1. The van der Waals surface area contributed by atoms with Crippen LogP contribution in [0.1, 0.15) is 11.3 Å². The van der Waals surface area contributed by atoms with Crippen molar-refractivity contribution in [1.82, 2.24) is 0 Å². The first kappa shape index (κ1) is 9.06. The van der Waals surface area contributed by atoms with E-state index in [-0.39, 0.29) is 0 Å². The normalized spacial score (nSPS) is 10.8. The number of carbonyl (C=O) groups is 1. The number of furan rings is 1. The molecule has 0 aliphatic heterocycles. The quantitative estimate of drug-likeness (QED) is 0.795. The zero-order valence-electron chi connectivity index (χ0n) is 6.37. The zero-order chi connectivity index (χ0) is 9.14. The number of hydrogen-bond donors (Lipinski definition) is 1. The van der Waals surface area contributed by atoms with E-state index in [9.17, 15) is 4.79 Å². The van der Waals surface area contributed by atoms with Gasteiger partial charge in [0.2, 0.25) is 0 Å². The van der Waals surface area contributed by atoms with Gasteiger partial charge < -0.3 is 9.52 Å². The molecule has 64 valence electrons. The Morgan fingerprint density at radius 2 is 2.42 bits per heavy atom. The van der Waals surface area contributed by atoms with Crippen LogP contribution in [0.5, 0.6) is 0 Å². The number of aryl methyl sites for hydroxylation is 1. The highest BCUT2D eigenvalue weighted by Crippen LogP contribution is 2.20. The van der Waals surface area contributed by atoms with Crippen molar-refractivity contribution >= 4 is 28.0 Å². The van der Waals surface area contributed by atoms with Gasteiger partial charge in [-0.3, -0.25) is 0 Å². The van der Waals surface area contributed by atoms with Gasteiger partial charge in [0.25, 0.3) is 0 Å². The molecule has 0 bridgehead atoms. The summed E-state index contributed by atoms with van der Waals surface area (Å²) in [5, 5.41) is 8.33. The second-order valence-corrected chi connectivity index (χ2v) is 3.05. The Morgan fingerprint density at radius 3 is 2.83 bits per heavy atom. The highest BCUT2D eigenvalue weighted by atomic mass is 79.9. The molecule has 4 heteroatoms. The SMILES string of the molecule is Cc1cc(Br)oc1/C=C/C(=O)O. The molecule has 0 fully saturated rings. The fraction of sp³-hybridized carbons (Fsp3) is 0.125. The van der Waals surface area contributed by atoms with Crippen LogP contribution < -0.4 is 0 Å². The van der Waals surface area contributed by atoms with Gasteiger partial charge in [-0.25, -0.2) is 4.79 Å². The summed E-state index contributed by atoms with van der Waals surface area (Å²) in [5.41, 5.74) is 0.902. The average Bonchev–Trinajstić information content (AvgIpc) is 2.26. The maximum Gasteiger partial charge on any atom is 0.328 e. The number of aliphatic carboxylic acids is 1. The van der Waals surface area contributed by atoms with E-state index >= 15 is 0 Å². The predicted octanol–water partition coefficient (Wildman–Crippen LogP) is 2.45. The van der Waals surface area contributed by atoms with E-state index in [0.29, 0.717) is 10.4 Å². The maximum atomic E-state index is 10.2. The second-order valence-electron chi connectivity index (χ2n) is 2.27. The van der Waals surface area contributed by atoms with Crippen molar-refractivity contribution in [3.05, 3.63) is 28.1 Å². The van der Waals surface area contributed by atoms with Crippen molar-refractivity contribution in [2.75, 3.05) is 0 Å². The van der Waals surface area contributed by atoms with Gasteiger partial charge in [0.05, 0.1) is 0 Å². The van der Waals surface area contributed by atoms with Gasteiger partial charge in [0.15, 0.2) is 4.67 Å². The zero-order valence-corrected chi connectivity index (χ0v) is 7.96. The summed E-state index contributed by atoms with van der Waals surface area (Å²) in [6.45, 7) is 1.84. The summed E-state index contributed by atoms with van der Waals surface area (Å²) in [5.74, 6) is -0.425. The lowest BCUT2D eigenvalue weighted by Gasteiger charge is -1.85. The Balaban J connectivity index is 2.89. The van der Waals surface area contributed by atoms with E-state index in [1.807, 2.05) is 6.92 Å². The molecule has 1 aromatic heterocycles. The average molecular weight is 231 g/mol. The number of carboxylic acid groups (broad SMARTS) is 1. The van der Waals surface area contributed by atoms with Crippen LogP contribution in [0, 0.1) is 6.92 Å². The van der Waals surface area contributed by atoms with Crippen LogP contribution in [0.4, 0.5) is 0 Å². The minimum Gasteiger partial charge on any atom is -0.478 e. The van der Waals surface area contributed by atoms with E-state index in [1.165, 1.54) is 6.08 Å². The Bertz CT molecular complexity index is 325. The molecule has 0 spiro atoms. The molecule has 0 saturated heterocycles. The van der Waals surface area contributed by atoms with Crippen LogP contribution in [0.25, 0.3) is 6.08 Å². The first-order valence-electron chi connectivity index (χ1n) is 3.26. The molecule has 0 unspecified atom stereocenters. The fourth-order valence-corrected chi connectivity index (χ4v) is 1.29. The van der Waals surface area contributed by atoms with Gasteiger partial charge in [-0.2, -0.15) is 0 Å². The minimum absolute atomic E-state index is 0.560. The third-order valence-electron chi connectivity index (χ3n) is 1.30. The molecule has 3 nitrogen and oxygen atoms in total. The van der Waals surface area contributed by atoms with E-state index in [1.54, 1.807) is 6.07 Å². The van der Waals surface area contributed by atoms with Gasteiger partial charge in [-0.1, -0.05) is 0 Å². The summed E-state index contributed by atoms with van der Waals surface area (Å²) in [7, 11) is 0. The lowest BCUT2D eigenvalue weighted by Crippen LogP contribution is -1.85. The fourth-order valence-electron chi connectivity index (χ4n) is 0.769. The summed E-state index contributed by atoms with van der Waals surface area (Å²) in [6, 6.07) is 1.78. The third-order valence-corrected chi connectivity index (χ3v) is 1.69. The van der Waals surface area contributed by atoms with Crippen LogP contribution in [-0.2, 0) is 4.79 Å². The first-order valence-corrected chi connectivity index (χ1v) is 4.06. The van der Waals surface area contributed by atoms with E-state index in [2.05, 4.69) is 15.9 Å². The van der Waals surface area contributed by atoms with Crippen LogP contribution in [-0.4, -0.2) is 11.1 Å². The summed E-state index contributed by atoms with van der Waals surface area (Å²) in [6.07, 6.45) is 2.46. The van der Waals surface area contributed by atoms with E-state index < -0.39 is 5.97 Å². The third kappa shape index (κ3) is 2.23. The van der Waals surface area contributed by atoms with Gasteiger partial charge in [0.1, 0.15) is 5.76 Å². The smallest absolute Gasteiger partial charge is 0.328 e. The largest absolute Gasteiger partial charge is 0.478 e. The minimum atomic E-state index is -0.984. The van der Waals surface area contributed by atoms with E-state index in [0.717, 1.165) is 11.6 Å². The lowest BCUT2D eigenvalue weighted by molar-refractivity contribution is -0.131. The molecule has 1 heterocycles. The summed E-state index contributed by atoms with van der Waals surface area (Å²) >= 11 is 3.14. The number of hydrogen-bond acceptors (Lipinski definition) is 2. The molecule has 0 aromatic carbocycles. The highest BCUT2D eigenvalue weighted by molar-refractivity contribution is 9.10. The molecular weight excluding hydrogens is 224 g/mol. The van der Waals surface area contributed by atoms with Crippen LogP contribution in [0.2, 0.25) is 0 Å². The standard InChI is InChI=1S/C8H7BrO3/c1-5-4-7(9)12-6(5)2-3-8(10)11/h2-4H,1H3,(H,10,11)/b3-2+. The van der Waals surface area contributed by atoms with Crippen LogP contribution in [0.3, 0.4) is 0 Å². The molecule has 0 atom stereocenters. The monoisotopic (exact) mass is 230 g/mol. The van der Waals surface area contributed by atoms with Gasteiger partial charge in [-0.15, -0.1) is 0 Å². The summed E-state index contributed by atoms with van der Waals surface area (Å²) < 4.78 is 5.73. The van der Waals surface area contributed by atoms with Crippen molar-refractivity contribution in [1.29, 1.82) is 0 Å². The molecule has 1 aromatic rings. The van der Waals surface area contributed by atoms with Crippen molar-refractivity contribution < 1.29 is 14.3 Å². The van der Waals surface area contributed by atoms with Crippen molar-refractivity contribution in [3.63, 3.8) is 0 Å². The Kier molecular flexibility index (Phi) is 2.70. The maximum absolute atomic E-state index is 10.2. The van der Waals surface area contributed by atoms with E-state index in [4.69, 9.17) is 9.52 Å². The summed E-state index contributed by atoms with van der Waals surface area (Å²) in [4.78, 5) is 10.2. The molecule has 12 heavy (non-hydrogen) atoms. The molecule has 0 radical (unpaired) electrons. The molecule has 1 N–H and O–H groups in total.